The summed E-state index contributed by atoms with van der Waals surface area (Å²) in [6.07, 6.45) is 0. The van der Waals surface area contributed by atoms with Crippen LogP contribution in [0.25, 0.3) is 0 Å². The predicted octanol–water partition coefficient (Wildman–Crippen LogP) is 0.784. The van der Waals surface area contributed by atoms with Gasteiger partial charge in [0.1, 0.15) is 24.7 Å². The lowest BCUT2D eigenvalue weighted by Gasteiger charge is -2.07. The van der Waals surface area contributed by atoms with Crippen molar-refractivity contribution in [1.82, 2.24) is 0 Å². The van der Waals surface area contributed by atoms with Gasteiger partial charge in [-0.2, -0.15) is 0 Å². The largest absolute Gasteiger partial charge is 0.463 e. The Morgan fingerprint density at radius 2 is 1.29 bits per heavy atom. The summed E-state index contributed by atoms with van der Waals surface area (Å²) in [6, 6.07) is 0. The molecule has 21 heavy (non-hydrogen) atoms. The highest BCUT2D eigenvalue weighted by atomic mass is 32.2. The van der Waals surface area contributed by atoms with Crippen molar-refractivity contribution >= 4 is 22.8 Å². The topological polar surface area (TPSA) is 71.1 Å². The van der Waals surface area contributed by atoms with Crippen LogP contribution < -0.4 is 0 Å². The number of hydrogen-bond donors (Lipinski definition) is 0. The van der Waals surface area contributed by atoms with E-state index in [1.54, 1.807) is 0 Å². The highest BCUT2D eigenvalue weighted by Gasteiger charge is 2.18. The van der Waals surface area contributed by atoms with Gasteiger partial charge in [0.25, 0.3) is 0 Å². The van der Waals surface area contributed by atoms with Crippen molar-refractivity contribution in [3.63, 3.8) is 0 Å². The van der Waals surface area contributed by atoms with Crippen molar-refractivity contribution in [1.29, 1.82) is 0 Å². The van der Waals surface area contributed by atoms with Gasteiger partial charge >= 0.3 is 11.9 Å². The number of esters is 2. The fraction of sp³-hybridized carbons (Fsp3) is 0.857. The molecule has 0 aliphatic heterocycles. The molecule has 6 nitrogen and oxygen atoms in total. The van der Waals surface area contributed by atoms with Crippen molar-refractivity contribution in [2.45, 2.75) is 20.8 Å². The Hall–Kier alpha value is -0.790. The molecule has 0 amide bonds. The van der Waals surface area contributed by atoms with E-state index in [2.05, 4.69) is 13.8 Å². The molecule has 0 aliphatic rings. The average molecular weight is 323 g/mol. The van der Waals surface area contributed by atoms with Gasteiger partial charge in [-0.1, -0.05) is 0 Å². The summed E-state index contributed by atoms with van der Waals surface area (Å²) in [4.78, 5) is 22.0. The first-order valence-corrected chi connectivity index (χ1v) is 8.91. The normalized spacial score (nSPS) is 10.7. The first kappa shape index (κ1) is 20.2. The highest BCUT2D eigenvalue weighted by molar-refractivity contribution is 7.97. The Morgan fingerprint density at radius 1 is 0.810 bits per heavy atom. The van der Waals surface area contributed by atoms with Crippen molar-refractivity contribution in [2.75, 3.05) is 56.9 Å². The van der Waals surface area contributed by atoms with Gasteiger partial charge in [0.2, 0.25) is 5.75 Å². The fourth-order valence-electron chi connectivity index (χ4n) is 1.40. The standard InChI is InChI=1S/C14H27O6S/c1-4-21(5-2)12-14(16)20-11-9-18-7-6-17-8-10-19-13(3)15/h4-12H2,1-3H3/q+1. The van der Waals surface area contributed by atoms with Crippen LogP contribution in [0.15, 0.2) is 0 Å². The molecule has 0 rings (SSSR count). The van der Waals surface area contributed by atoms with Crippen LogP contribution in [0.1, 0.15) is 20.8 Å². The lowest BCUT2D eigenvalue weighted by Crippen LogP contribution is -2.23. The lowest BCUT2D eigenvalue weighted by molar-refractivity contribution is -0.144. The summed E-state index contributed by atoms with van der Waals surface area (Å²) >= 11 is 0. The van der Waals surface area contributed by atoms with Crippen LogP contribution >= 0.6 is 0 Å². The number of hydrogen-bond acceptors (Lipinski definition) is 6. The quantitative estimate of drug-likeness (QED) is 0.283. The molecule has 0 aromatic heterocycles. The zero-order valence-corrected chi connectivity index (χ0v) is 14.0. The molecule has 0 bridgehead atoms. The zero-order valence-electron chi connectivity index (χ0n) is 13.2. The summed E-state index contributed by atoms with van der Waals surface area (Å²) in [5.74, 6) is 2.08. The Kier molecular flexibility index (Phi) is 13.6. The molecule has 0 radical (unpaired) electrons. The van der Waals surface area contributed by atoms with E-state index < -0.39 is 0 Å². The van der Waals surface area contributed by atoms with Crippen molar-refractivity contribution in [3.8, 4) is 0 Å². The second-order valence-electron chi connectivity index (χ2n) is 4.12. The molecule has 0 aliphatic carbocycles. The van der Waals surface area contributed by atoms with Crippen molar-refractivity contribution in [3.05, 3.63) is 0 Å². The minimum absolute atomic E-state index is 0.143. The van der Waals surface area contributed by atoms with E-state index in [9.17, 15) is 9.59 Å². The summed E-state index contributed by atoms with van der Waals surface area (Å²) < 4.78 is 20.2. The Bertz CT molecular complexity index is 281. The molecule has 0 saturated heterocycles. The molecule has 0 saturated carbocycles. The van der Waals surface area contributed by atoms with E-state index in [4.69, 9.17) is 18.9 Å². The molecule has 7 heteroatoms. The number of carbonyl (C=O) groups excluding carboxylic acids is 2. The predicted molar refractivity (Wildman–Crippen MR) is 82.5 cm³/mol. The van der Waals surface area contributed by atoms with E-state index >= 15 is 0 Å². The minimum atomic E-state index is -0.314. The second kappa shape index (κ2) is 14.2. The summed E-state index contributed by atoms with van der Waals surface area (Å²) in [5, 5.41) is 0. The minimum Gasteiger partial charge on any atom is -0.463 e. The van der Waals surface area contributed by atoms with Gasteiger partial charge in [0, 0.05) is 6.92 Å². The molecular formula is C14H27O6S+. The van der Waals surface area contributed by atoms with Crippen molar-refractivity contribution < 1.29 is 28.5 Å². The average Bonchev–Trinajstić information content (AvgIpc) is 2.46. The third-order valence-corrected chi connectivity index (χ3v) is 4.81. The Balaban J connectivity index is 3.28. The van der Waals surface area contributed by atoms with Crippen LogP contribution in [0.3, 0.4) is 0 Å². The third kappa shape index (κ3) is 13.9. The van der Waals surface area contributed by atoms with Gasteiger partial charge in [-0.15, -0.1) is 0 Å². The maximum Gasteiger partial charge on any atom is 0.356 e. The van der Waals surface area contributed by atoms with Crippen LogP contribution in [-0.2, 0) is 39.4 Å². The monoisotopic (exact) mass is 323 g/mol. The van der Waals surface area contributed by atoms with E-state index in [1.807, 2.05) is 0 Å². The maximum atomic E-state index is 11.5. The molecule has 0 atom stereocenters. The van der Waals surface area contributed by atoms with E-state index in [-0.39, 0.29) is 36.0 Å². The Morgan fingerprint density at radius 3 is 1.76 bits per heavy atom. The summed E-state index contributed by atoms with van der Waals surface area (Å²) in [7, 11) is 0.143. The maximum absolute atomic E-state index is 11.5. The Labute approximate surface area is 129 Å². The van der Waals surface area contributed by atoms with Crippen molar-refractivity contribution in [2.24, 2.45) is 0 Å². The first-order valence-electron chi connectivity index (χ1n) is 7.18. The number of rotatable bonds is 13. The molecule has 0 aromatic carbocycles. The van der Waals surface area contributed by atoms with Crippen LogP contribution in [-0.4, -0.2) is 68.8 Å². The van der Waals surface area contributed by atoms with Crippen LogP contribution in [0.5, 0.6) is 0 Å². The molecular weight excluding hydrogens is 296 g/mol. The molecule has 0 N–H and O–H groups in total. The molecule has 0 heterocycles. The van der Waals surface area contributed by atoms with Gasteiger partial charge < -0.3 is 18.9 Å². The molecule has 0 aromatic rings. The fourth-order valence-corrected chi connectivity index (χ4v) is 2.63. The molecule has 0 unspecified atom stereocenters. The third-order valence-electron chi connectivity index (χ3n) is 2.53. The number of ether oxygens (including phenoxy) is 4. The summed E-state index contributed by atoms with van der Waals surface area (Å²) in [6.45, 7) is 7.62. The second-order valence-corrected chi connectivity index (χ2v) is 6.79. The van der Waals surface area contributed by atoms with Crippen LogP contribution in [0.2, 0.25) is 0 Å². The van der Waals surface area contributed by atoms with E-state index in [1.165, 1.54) is 6.92 Å². The molecule has 0 spiro atoms. The first-order chi connectivity index (χ1) is 10.1. The SMILES string of the molecule is CC[S+](CC)CC(=O)OCCOCCOCCOC(C)=O. The van der Waals surface area contributed by atoms with Gasteiger partial charge in [-0.25, -0.2) is 4.79 Å². The summed E-state index contributed by atoms with van der Waals surface area (Å²) in [5.41, 5.74) is 0. The van der Waals surface area contributed by atoms with Crippen LogP contribution in [0.4, 0.5) is 0 Å². The van der Waals surface area contributed by atoms with E-state index in [0.717, 1.165) is 11.5 Å². The molecule has 0 fully saturated rings. The van der Waals surface area contributed by atoms with Crippen LogP contribution in [0, 0.1) is 0 Å². The number of carbonyl (C=O) groups is 2. The van der Waals surface area contributed by atoms with Gasteiger partial charge in [0.15, 0.2) is 0 Å². The van der Waals surface area contributed by atoms with Gasteiger partial charge in [0.05, 0.1) is 26.4 Å². The lowest BCUT2D eigenvalue weighted by atomic mass is 10.7. The highest BCUT2D eigenvalue weighted by Crippen LogP contribution is 1.97. The smallest absolute Gasteiger partial charge is 0.356 e. The molecule has 124 valence electrons. The van der Waals surface area contributed by atoms with Gasteiger partial charge in [-0.05, 0) is 24.7 Å². The zero-order chi connectivity index (χ0) is 15.9. The van der Waals surface area contributed by atoms with Gasteiger partial charge in [-0.3, -0.25) is 4.79 Å². The van der Waals surface area contributed by atoms with E-state index in [0.29, 0.717) is 32.2 Å².